The third-order valence-electron chi connectivity index (χ3n) is 8.68. The smallest absolute Gasteiger partial charge is 0.325 e. The molecule has 46 heavy (non-hydrogen) atoms. The van der Waals surface area contributed by atoms with Crippen molar-refractivity contribution in [2.45, 2.75) is 52.0 Å². The van der Waals surface area contributed by atoms with Crippen molar-refractivity contribution in [1.29, 1.82) is 0 Å². The van der Waals surface area contributed by atoms with Crippen LogP contribution in [-0.2, 0) is 38.7 Å². The Morgan fingerprint density at radius 2 is 1.48 bits per heavy atom. The number of hydrogen-bond donors (Lipinski definition) is 3. The number of carbonyl (C=O) groups is 2. The molecule has 2 aliphatic rings. The summed E-state index contributed by atoms with van der Waals surface area (Å²) in [6.07, 6.45) is -0.787. The predicted molar refractivity (Wildman–Crippen MR) is 174 cm³/mol. The van der Waals surface area contributed by atoms with E-state index in [1.54, 1.807) is 6.92 Å². The van der Waals surface area contributed by atoms with E-state index in [-0.39, 0.29) is 37.9 Å². The lowest BCUT2D eigenvalue weighted by Gasteiger charge is -2.44. The first-order chi connectivity index (χ1) is 22.4. The van der Waals surface area contributed by atoms with E-state index in [0.29, 0.717) is 6.54 Å². The van der Waals surface area contributed by atoms with Gasteiger partial charge in [-0.25, -0.2) is 4.79 Å². The van der Waals surface area contributed by atoms with E-state index in [1.807, 2.05) is 48.5 Å². The van der Waals surface area contributed by atoms with Crippen LogP contribution < -0.4 is 10.6 Å². The molecule has 0 aliphatic carbocycles. The zero-order chi connectivity index (χ0) is 32.3. The van der Waals surface area contributed by atoms with Gasteiger partial charge in [-0.2, -0.15) is 0 Å². The normalized spacial score (nSPS) is 22.2. The molecule has 2 aliphatic heterocycles. The number of ether oxygens (including phenoxy) is 3. The fourth-order valence-corrected chi connectivity index (χ4v) is 5.96. The molecule has 10 nitrogen and oxygen atoms in total. The van der Waals surface area contributed by atoms with Gasteiger partial charge in [0.2, 0.25) is 0 Å². The molecule has 0 bridgehead atoms. The second kappa shape index (κ2) is 16.7. The highest BCUT2D eigenvalue weighted by Gasteiger charge is 2.39. The summed E-state index contributed by atoms with van der Waals surface area (Å²) in [5.41, 5.74) is 5.07. The second-order valence-corrected chi connectivity index (χ2v) is 12.0. The summed E-state index contributed by atoms with van der Waals surface area (Å²) in [7, 11) is 0. The van der Waals surface area contributed by atoms with Gasteiger partial charge in [0, 0.05) is 57.3 Å². The highest BCUT2D eigenvalue weighted by molar-refractivity contribution is 5.80. The van der Waals surface area contributed by atoms with Crippen molar-refractivity contribution < 1.29 is 28.9 Å². The molecule has 5 rings (SSSR count). The molecule has 4 atom stereocenters. The van der Waals surface area contributed by atoms with Gasteiger partial charge in [0.05, 0.1) is 25.4 Å². The van der Waals surface area contributed by atoms with Crippen molar-refractivity contribution in [3.8, 4) is 0 Å². The van der Waals surface area contributed by atoms with Gasteiger partial charge in [-0.15, -0.1) is 0 Å². The van der Waals surface area contributed by atoms with E-state index in [2.05, 4.69) is 57.7 Å². The van der Waals surface area contributed by atoms with Crippen molar-refractivity contribution >= 4 is 12.0 Å². The largest absolute Gasteiger partial charge is 0.465 e. The van der Waals surface area contributed by atoms with E-state index in [4.69, 9.17) is 14.2 Å². The maximum atomic E-state index is 12.1. The van der Waals surface area contributed by atoms with Crippen LogP contribution in [0.1, 0.15) is 54.1 Å². The van der Waals surface area contributed by atoms with Crippen molar-refractivity contribution in [2.24, 2.45) is 5.92 Å². The highest BCUT2D eigenvalue weighted by Crippen LogP contribution is 2.42. The minimum atomic E-state index is -0.557. The van der Waals surface area contributed by atoms with Crippen LogP contribution in [-0.4, -0.2) is 78.9 Å². The molecule has 246 valence electrons. The van der Waals surface area contributed by atoms with Gasteiger partial charge in [0.25, 0.3) is 0 Å². The molecular weight excluding hydrogens is 584 g/mol. The number of rotatable bonds is 12. The minimum absolute atomic E-state index is 0.000229. The predicted octanol–water partition coefficient (Wildman–Crippen LogP) is 4.15. The summed E-state index contributed by atoms with van der Waals surface area (Å²) in [4.78, 5) is 28.6. The summed E-state index contributed by atoms with van der Waals surface area (Å²) in [5.74, 6) is -0.370. The lowest BCUT2D eigenvalue weighted by atomic mass is 9.90. The van der Waals surface area contributed by atoms with Gasteiger partial charge in [-0.3, -0.25) is 14.6 Å². The van der Waals surface area contributed by atoms with Gasteiger partial charge in [-0.1, -0.05) is 85.8 Å². The Balaban J connectivity index is 1.22. The molecule has 0 aromatic heterocycles. The Hall–Kier alpha value is -3.80. The number of esters is 1. The lowest BCUT2D eigenvalue weighted by Crippen LogP contribution is -2.51. The van der Waals surface area contributed by atoms with Crippen LogP contribution in [0, 0.1) is 5.92 Å². The first kappa shape index (κ1) is 33.6. The molecule has 2 saturated heterocycles. The van der Waals surface area contributed by atoms with Crippen LogP contribution in [0.3, 0.4) is 0 Å². The fraction of sp³-hybridized carbons (Fsp3) is 0.444. The van der Waals surface area contributed by atoms with Gasteiger partial charge in [0.1, 0.15) is 6.54 Å². The number of amides is 2. The third kappa shape index (κ3) is 9.37. The van der Waals surface area contributed by atoms with Crippen molar-refractivity contribution in [3.05, 3.63) is 107 Å². The SMILES string of the molecule is CCOC(=O)CNC(=O)NCc1ccc([C@H]2O[C@@H](CN3CCN(Cc4ccccc4)CC3)[C@@H](C)[C@@H](c3ccc(CO)cc3)O2)cc1. The number of nitrogens with one attached hydrogen (secondary N) is 2. The maximum absolute atomic E-state index is 12.1. The topological polar surface area (TPSA) is 113 Å². The van der Waals surface area contributed by atoms with E-state index >= 15 is 0 Å². The number of benzene rings is 3. The molecule has 3 aromatic carbocycles. The lowest BCUT2D eigenvalue weighted by molar-refractivity contribution is -0.276. The first-order valence-corrected chi connectivity index (χ1v) is 16.2. The number of hydrogen-bond acceptors (Lipinski definition) is 8. The highest BCUT2D eigenvalue weighted by atomic mass is 16.7. The summed E-state index contributed by atoms with van der Waals surface area (Å²) in [6.45, 7) is 10.1. The summed E-state index contributed by atoms with van der Waals surface area (Å²) < 4.78 is 18.1. The van der Waals surface area contributed by atoms with E-state index in [0.717, 1.165) is 61.5 Å². The zero-order valence-corrected chi connectivity index (χ0v) is 26.8. The van der Waals surface area contributed by atoms with Crippen LogP contribution in [0.5, 0.6) is 0 Å². The van der Waals surface area contributed by atoms with E-state index in [9.17, 15) is 14.7 Å². The number of urea groups is 1. The molecule has 2 heterocycles. The van der Waals surface area contributed by atoms with Crippen molar-refractivity contribution in [1.82, 2.24) is 20.4 Å². The molecule has 2 fully saturated rings. The summed E-state index contributed by atoms with van der Waals surface area (Å²) >= 11 is 0. The Kier molecular flexibility index (Phi) is 12.2. The molecule has 3 aromatic rings. The zero-order valence-electron chi connectivity index (χ0n) is 26.8. The Bertz CT molecular complexity index is 1380. The third-order valence-corrected chi connectivity index (χ3v) is 8.68. The standard InChI is InChI=1S/C36H46N4O6/c1-3-44-33(42)22-38-36(43)37-21-27-9-15-31(16-10-27)35-45-32(26(2)34(46-35)30-13-11-29(25-41)12-14-30)24-40-19-17-39(18-20-40)23-28-7-5-4-6-8-28/h4-16,26,32,34-35,41H,3,17-25H2,1-2H3,(H2,37,38,43)/t26-,32+,34+,35+/m1/s1. The number of nitrogens with zero attached hydrogens (tertiary/aromatic N) is 2. The number of piperazine rings is 1. The van der Waals surface area contributed by atoms with Crippen molar-refractivity contribution in [3.63, 3.8) is 0 Å². The quantitative estimate of drug-likeness (QED) is 0.256. The van der Waals surface area contributed by atoms with Gasteiger partial charge < -0.3 is 30.0 Å². The molecule has 0 radical (unpaired) electrons. The van der Waals surface area contributed by atoms with Crippen molar-refractivity contribution in [2.75, 3.05) is 45.9 Å². The van der Waals surface area contributed by atoms with Gasteiger partial charge >= 0.3 is 12.0 Å². The molecule has 0 saturated carbocycles. The first-order valence-electron chi connectivity index (χ1n) is 16.2. The number of aliphatic hydroxyl groups excluding tert-OH is 1. The van der Waals surface area contributed by atoms with E-state index in [1.165, 1.54) is 5.56 Å². The summed E-state index contributed by atoms with van der Waals surface area (Å²) in [6, 6.07) is 26.0. The Labute approximate surface area is 271 Å². The van der Waals surface area contributed by atoms with Crippen LogP contribution in [0.2, 0.25) is 0 Å². The van der Waals surface area contributed by atoms with Crippen LogP contribution in [0.15, 0.2) is 78.9 Å². The molecule has 3 N–H and O–H groups in total. The molecule has 2 amide bonds. The van der Waals surface area contributed by atoms with E-state index < -0.39 is 18.3 Å². The fourth-order valence-electron chi connectivity index (χ4n) is 5.96. The van der Waals surface area contributed by atoms with Gasteiger partial charge in [-0.05, 0) is 29.2 Å². The monoisotopic (exact) mass is 630 g/mol. The average molecular weight is 631 g/mol. The number of aliphatic hydroxyl groups is 1. The molecule has 0 spiro atoms. The Morgan fingerprint density at radius 1 is 0.826 bits per heavy atom. The average Bonchev–Trinajstić information content (AvgIpc) is 3.09. The maximum Gasteiger partial charge on any atom is 0.325 e. The van der Waals surface area contributed by atoms with Gasteiger partial charge in [0.15, 0.2) is 6.29 Å². The summed E-state index contributed by atoms with van der Waals surface area (Å²) in [5, 5.41) is 14.8. The molecular formula is C36H46N4O6. The molecule has 10 heteroatoms. The van der Waals surface area contributed by atoms with Crippen LogP contribution in [0.4, 0.5) is 4.79 Å². The number of carbonyl (C=O) groups excluding carboxylic acids is 2. The molecule has 0 unspecified atom stereocenters. The second-order valence-electron chi connectivity index (χ2n) is 12.0. The Morgan fingerprint density at radius 3 is 2.15 bits per heavy atom. The minimum Gasteiger partial charge on any atom is -0.465 e. The van der Waals surface area contributed by atoms with Crippen LogP contribution >= 0.6 is 0 Å². The van der Waals surface area contributed by atoms with Crippen LogP contribution in [0.25, 0.3) is 0 Å².